The third-order valence-corrected chi connectivity index (χ3v) is 5.11. The molecule has 1 N–H and O–H groups in total. The second-order valence-corrected chi connectivity index (χ2v) is 6.33. The van der Waals surface area contributed by atoms with Gasteiger partial charge in [0.2, 0.25) is 0 Å². The van der Waals surface area contributed by atoms with E-state index in [1.807, 2.05) is 7.11 Å². The van der Waals surface area contributed by atoms with Crippen LogP contribution in [0.3, 0.4) is 0 Å². The van der Waals surface area contributed by atoms with Crippen molar-refractivity contribution in [1.29, 1.82) is 0 Å². The average molecular weight is 226 g/mol. The molecule has 0 aromatic rings. The lowest BCUT2D eigenvalue weighted by Gasteiger charge is -2.60. The van der Waals surface area contributed by atoms with Crippen molar-refractivity contribution in [2.45, 2.75) is 51.3 Å². The predicted octanol–water partition coefficient (Wildman–Crippen LogP) is 1.48. The van der Waals surface area contributed by atoms with Gasteiger partial charge in [-0.15, -0.1) is 0 Å². The molecule has 1 saturated carbocycles. The Balaban J connectivity index is 1.89. The molecule has 1 heterocycles. The second-order valence-electron chi connectivity index (χ2n) is 6.33. The summed E-state index contributed by atoms with van der Waals surface area (Å²) in [6.45, 7) is 9.28. The highest BCUT2D eigenvalue weighted by molar-refractivity contribution is 5.12. The summed E-state index contributed by atoms with van der Waals surface area (Å²) >= 11 is 0. The zero-order valence-electron chi connectivity index (χ0n) is 11.3. The van der Waals surface area contributed by atoms with E-state index in [9.17, 15) is 0 Å². The third kappa shape index (κ3) is 1.79. The SMILES string of the molecule is COC1(C)CC(NC2CCN(C)C2)C1(C)C. The molecule has 3 atom stereocenters. The first-order valence-electron chi connectivity index (χ1n) is 6.39. The minimum Gasteiger partial charge on any atom is -0.378 e. The second kappa shape index (κ2) is 3.97. The molecule has 0 aromatic heterocycles. The van der Waals surface area contributed by atoms with Gasteiger partial charge in [0.05, 0.1) is 5.60 Å². The van der Waals surface area contributed by atoms with Crippen LogP contribution < -0.4 is 5.32 Å². The van der Waals surface area contributed by atoms with Crippen LogP contribution in [-0.4, -0.2) is 49.8 Å². The quantitative estimate of drug-likeness (QED) is 0.789. The fraction of sp³-hybridized carbons (Fsp3) is 1.00. The summed E-state index contributed by atoms with van der Waals surface area (Å²) in [5.74, 6) is 0. The van der Waals surface area contributed by atoms with Crippen molar-refractivity contribution in [3.8, 4) is 0 Å². The number of likely N-dealkylation sites (tertiary alicyclic amines) is 1. The summed E-state index contributed by atoms with van der Waals surface area (Å²) in [5, 5.41) is 3.80. The Labute approximate surface area is 99.5 Å². The van der Waals surface area contributed by atoms with E-state index in [0.29, 0.717) is 12.1 Å². The van der Waals surface area contributed by atoms with Crippen molar-refractivity contribution in [3.63, 3.8) is 0 Å². The molecule has 2 fully saturated rings. The first kappa shape index (κ1) is 12.3. The molecule has 0 spiro atoms. The number of nitrogens with zero attached hydrogens (tertiary/aromatic N) is 1. The monoisotopic (exact) mass is 226 g/mol. The van der Waals surface area contributed by atoms with Crippen LogP contribution in [0.25, 0.3) is 0 Å². The smallest absolute Gasteiger partial charge is 0.0731 e. The van der Waals surface area contributed by atoms with Crippen LogP contribution in [0.1, 0.15) is 33.6 Å². The number of hydrogen-bond donors (Lipinski definition) is 1. The lowest BCUT2D eigenvalue weighted by Crippen LogP contribution is -2.69. The van der Waals surface area contributed by atoms with Gasteiger partial charge in [0.1, 0.15) is 0 Å². The summed E-state index contributed by atoms with van der Waals surface area (Å²) in [7, 11) is 4.04. The first-order valence-corrected chi connectivity index (χ1v) is 6.39. The number of hydrogen-bond acceptors (Lipinski definition) is 3. The fourth-order valence-electron chi connectivity index (χ4n) is 3.11. The molecular formula is C13H26N2O. The molecule has 1 saturated heterocycles. The van der Waals surface area contributed by atoms with Crippen LogP contribution in [0.4, 0.5) is 0 Å². The zero-order valence-corrected chi connectivity index (χ0v) is 11.3. The van der Waals surface area contributed by atoms with Gasteiger partial charge in [0.25, 0.3) is 0 Å². The van der Waals surface area contributed by atoms with Crippen LogP contribution >= 0.6 is 0 Å². The number of ether oxygens (including phenoxy) is 1. The molecule has 3 nitrogen and oxygen atoms in total. The molecule has 0 radical (unpaired) electrons. The van der Waals surface area contributed by atoms with Gasteiger partial charge in [-0.2, -0.15) is 0 Å². The maximum atomic E-state index is 5.65. The molecule has 2 rings (SSSR count). The van der Waals surface area contributed by atoms with Gasteiger partial charge in [0, 0.05) is 31.2 Å². The van der Waals surface area contributed by atoms with Crippen LogP contribution in [0.2, 0.25) is 0 Å². The van der Waals surface area contributed by atoms with Gasteiger partial charge >= 0.3 is 0 Å². The highest BCUT2D eigenvalue weighted by Gasteiger charge is 2.57. The van der Waals surface area contributed by atoms with Crippen molar-refractivity contribution in [3.05, 3.63) is 0 Å². The van der Waals surface area contributed by atoms with Crippen LogP contribution in [-0.2, 0) is 4.74 Å². The van der Waals surface area contributed by atoms with Crippen molar-refractivity contribution in [2.24, 2.45) is 5.41 Å². The maximum absolute atomic E-state index is 5.65. The van der Waals surface area contributed by atoms with E-state index in [0.717, 1.165) is 6.42 Å². The van der Waals surface area contributed by atoms with E-state index in [1.54, 1.807) is 0 Å². The van der Waals surface area contributed by atoms with E-state index in [4.69, 9.17) is 4.74 Å². The topological polar surface area (TPSA) is 24.5 Å². The summed E-state index contributed by atoms with van der Waals surface area (Å²) in [4.78, 5) is 2.40. The average Bonchev–Trinajstić information content (AvgIpc) is 2.63. The van der Waals surface area contributed by atoms with Gasteiger partial charge in [-0.05, 0) is 33.4 Å². The maximum Gasteiger partial charge on any atom is 0.0731 e. The van der Waals surface area contributed by atoms with Gasteiger partial charge in [-0.25, -0.2) is 0 Å². The first-order chi connectivity index (χ1) is 7.39. The highest BCUT2D eigenvalue weighted by Crippen LogP contribution is 2.51. The number of likely N-dealkylation sites (N-methyl/N-ethyl adjacent to an activating group) is 1. The van der Waals surface area contributed by atoms with Gasteiger partial charge < -0.3 is 15.0 Å². The summed E-state index contributed by atoms with van der Waals surface area (Å²) in [6.07, 6.45) is 2.42. The Morgan fingerprint density at radius 2 is 2.00 bits per heavy atom. The Morgan fingerprint density at radius 1 is 1.31 bits per heavy atom. The lowest BCUT2D eigenvalue weighted by atomic mass is 9.55. The standard InChI is InChI=1S/C13H26N2O/c1-12(2)11(8-13(12,3)16-5)14-10-6-7-15(4)9-10/h10-11,14H,6-9H2,1-5H3. The lowest BCUT2D eigenvalue weighted by molar-refractivity contribution is -0.182. The van der Waals surface area contributed by atoms with E-state index in [-0.39, 0.29) is 11.0 Å². The van der Waals surface area contributed by atoms with E-state index >= 15 is 0 Å². The molecular weight excluding hydrogens is 200 g/mol. The largest absolute Gasteiger partial charge is 0.378 e. The third-order valence-electron chi connectivity index (χ3n) is 5.11. The molecule has 94 valence electrons. The van der Waals surface area contributed by atoms with Crippen molar-refractivity contribution in [1.82, 2.24) is 10.2 Å². The van der Waals surface area contributed by atoms with Crippen molar-refractivity contribution >= 4 is 0 Å². The Hall–Kier alpha value is -0.120. The minimum atomic E-state index is 0.0508. The molecule has 3 unspecified atom stereocenters. The molecule has 1 aliphatic carbocycles. The normalized spacial score (nSPS) is 43.3. The van der Waals surface area contributed by atoms with Crippen molar-refractivity contribution < 1.29 is 4.74 Å². The summed E-state index contributed by atoms with van der Waals surface area (Å²) in [5.41, 5.74) is 0.290. The van der Waals surface area contributed by atoms with Gasteiger partial charge in [0.15, 0.2) is 0 Å². The number of rotatable bonds is 3. The van der Waals surface area contributed by atoms with E-state index < -0.39 is 0 Å². The molecule has 3 heteroatoms. The molecule has 2 aliphatic rings. The van der Waals surface area contributed by atoms with E-state index in [2.05, 4.69) is 38.0 Å². The predicted molar refractivity (Wildman–Crippen MR) is 66.6 cm³/mol. The highest BCUT2D eigenvalue weighted by atomic mass is 16.5. The molecule has 0 bridgehead atoms. The van der Waals surface area contributed by atoms with Crippen LogP contribution in [0.5, 0.6) is 0 Å². The molecule has 1 aliphatic heterocycles. The fourth-order valence-corrected chi connectivity index (χ4v) is 3.11. The van der Waals surface area contributed by atoms with Crippen LogP contribution in [0.15, 0.2) is 0 Å². The van der Waals surface area contributed by atoms with Crippen molar-refractivity contribution in [2.75, 3.05) is 27.2 Å². The van der Waals surface area contributed by atoms with Crippen LogP contribution in [0, 0.1) is 5.41 Å². The molecule has 0 aromatic carbocycles. The Bertz CT molecular complexity index is 267. The zero-order chi connectivity index (χ0) is 12.0. The number of nitrogens with one attached hydrogen (secondary N) is 1. The minimum absolute atomic E-state index is 0.0508. The summed E-state index contributed by atoms with van der Waals surface area (Å²) < 4.78 is 5.65. The summed E-state index contributed by atoms with van der Waals surface area (Å²) in [6, 6.07) is 1.28. The Morgan fingerprint density at radius 3 is 2.44 bits per heavy atom. The van der Waals surface area contributed by atoms with Gasteiger partial charge in [-0.1, -0.05) is 13.8 Å². The molecule has 0 amide bonds. The number of methoxy groups -OCH3 is 1. The van der Waals surface area contributed by atoms with Gasteiger partial charge in [-0.3, -0.25) is 0 Å². The Kier molecular flexibility index (Phi) is 3.06. The van der Waals surface area contributed by atoms with E-state index in [1.165, 1.54) is 19.5 Å². The molecule has 16 heavy (non-hydrogen) atoms.